The Kier molecular flexibility index (Phi) is 42.8. The van der Waals surface area contributed by atoms with Crippen LogP contribution in [0.4, 0.5) is 23.3 Å². The lowest BCUT2D eigenvalue weighted by molar-refractivity contribution is -0.157. The molecule has 0 aromatic carbocycles. The van der Waals surface area contributed by atoms with Crippen LogP contribution in [0.25, 0.3) is 34.2 Å². The molecule has 10 N–H and O–H groups in total. The quantitative estimate of drug-likeness (QED) is 0.00973. The zero-order chi connectivity index (χ0) is 94.8. The number of aliphatic carboxylic acids is 1. The Bertz CT molecular complexity index is 5090. The third-order valence-corrected chi connectivity index (χ3v) is 22.1. The summed E-state index contributed by atoms with van der Waals surface area (Å²) < 4.78 is 11.2. The number of hydrogen-bond donors (Lipinski definition) is 9. The number of carbonyl (C=O) groups is 6. The van der Waals surface area contributed by atoms with Crippen molar-refractivity contribution in [3.8, 4) is 34.2 Å². The molecule has 0 spiro atoms. The van der Waals surface area contributed by atoms with E-state index in [4.69, 9.17) is 46.7 Å². The van der Waals surface area contributed by atoms with Crippen molar-refractivity contribution in [1.29, 1.82) is 0 Å². The zero-order valence-corrected chi connectivity index (χ0v) is 80.0. The lowest BCUT2D eigenvalue weighted by atomic mass is 9.98. The maximum Gasteiger partial charge on any atom is 0.329 e. The van der Waals surface area contributed by atoms with Crippen molar-refractivity contribution >= 4 is 70.5 Å². The Labute approximate surface area is 783 Å². The van der Waals surface area contributed by atoms with Gasteiger partial charge in [-0.15, -0.1) is 0 Å². The lowest BCUT2D eigenvalue weighted by Gasteiger charge is -2.28. The third-order valence-electron chi connectivity index (χ3n) is 21.9. The van der Waals surface area contributed by atoms with Crippen LogP contribution in [0.1, 0.15) is 196 Å². The molecule has 9 aromatic heterocycles. The normalized spacial score (nSPS) is 13.3. The van der Waals surface area contributed by atoms with E-state index in [1.54, 1.807) is 43.2 Å². The molecule has 3 atom stereocenters. The highest BCUT2D eigenvalue weighted by Crippen LogP contribution is 2.27. The summed E-state index contributed by atoms with van der Waals surface area (Å²) in [4.78, 5) is 132. The van der Waals surface area contributed by atoms with E-state index < -0.39 is 35.2 Å². The molecule has 33 heteroatoms. The fraction of sp³-hybridized carbons (Fsp3) is 0.515. The first-order chi connectivity index (χ1) is 63.3. The third kappa shape index (κ3) is 39.0. The minimum atomic E-state index is -0.833. The van der Waals surface area contributed by atoms with Crippen molar-refractivity contribution in [2.24, 2.45) is 11.7 Å². The molecule has 32 nitrogen and oxygen atoms in total. The van der Waals surface area contributed by atoms with Crippen molar-refractivity contribution in [2.45, 2.75) is 228 Å². The van der Waals surface area contributed by atoms with Gasteiger partial charge in [0.2, 0.25) is 17.7 Å². The molecule has 0 saturated carbocycles. The summed E-state index contributed by atoms with van der Waals surface area (Å²) in [5, 5.41) is 32.7. The minimum absolute atomic E-state index is 0.0394. The molecular weight excluding hydrogens is 1690 g/mol. The molecule has 0 saturated heterocycles. The van der Waals surface area contributed by atoms with Gasteiger partial charge in [-0.3, -0.25) is 38.9 Å². The molecule has 0 bridgehead atoms. The monoisotopic (exact) mass is 1830 g/mol. The average molecular weight is 1830 g/mol. The number of halogens is 1. The molecule has 0 fully saturated rings. The summed E-state index contributed by atoms with van der Waals surface area (Å²) in [6.07, 6.45) is 27.5. The highest BCUT2D eigenvalue weighted by Gasteiger charge is 2.29. The fourth-order valence-electron chi connectivity index (χ4n) is 15.3. The number of pyridine rings is 6. The summed E-state index contributed by atoms with van der Waals surface area (Å²) in [7, 11) is 0. The predicted octanol–water partition coefficient (Wildman–Crippen LogP) is 13.0. The van der Waals surface area contributed by atoms with Crippen LogP contribution in [-0.2, 0) is 83.2 Å². The van der Waals surface area contributed by atoms with Gasteiger partial charge in [-0.2, -0.15) is 0 Å². The molecule has 12 rings (SSSR count). The van der Waals surface area contributed by atoms with E-state index in [2.05, 4.69) is 128 Å². The topological polar surface area (TPSA) is 416 Å². The maximum atomic E-state index is 13.4. The molecule has 0 aliphatic carbocycles. The van der Waals surface area contributed by atoms with Crippen molar-refractivity contribution in [1.82, 2.24) is 90.5 Å². The summed E-state index contributed by atoms with van der Waals surface area (Å²) >= 11 is 5.83. The number of aromatic nitrogens is 12. The minimum Gasteiger partial charge on any atom is -0.481 e. The van der Waals surface area contributed by atoms with Gasteiger partial charge < -0.3 is 72.2 Å². The van der Waals surface area contributed by atoms with E-state index in [0.717, 1.165) is 204 Å². The van der Waals surface area contributed by atoms with E-state index in [1.807, 2.05) is 111 Å². The van der Waals surface area contributed by atoms with Gasteiger partial charge in [0.1, 0.15) is 51.7 Å². The van der Waals surface area contributed by atoms with Crippen LogP contribution in [-0.4, -0.2) is 237 Å². The number of carboxylic acids is 1. The van der Waals surface area contributed by atoms with Crippen LogP contribution in [0, 0.1) is 26.7 Å². The van der Waals surface area contributed by atoms with Crippen LogP contribution in [0.3, 0.4) is 0 Å². The Morgan fingerprint density at radius 2 is 0.811 bits per heavy atom. The number of rotatable bonds is 43. The first-order valence-corrected chi connectivity index (χ1v) is 46.9. The molecule has 9 aromatic rings. The van der Waals surface area contributed by atoms with Gasteiger partial charge in [-0.05, 0) is 287 Å². The molecule has 3 aliphatic heterocycles. The zero-order valence-electron chi connectivity index (χ0n) is 79.3. The van der Waals surface area contributed by atoms with Gasteiger partial charge in [0.15, 0.2) is 17.5 Å². The van der Waals surface area contributed by atoms with Crippen molar-refractivity contribution < 1.29 is 43.3 Å². The number of esters is 2. The predicted molar refractivity (Wildman–Crippen MR) is 518 cm³/mol. The van der Waals surface area contributed by atoms with Crippen LogP contribution in [0.2, 0.25) is 5.15 Å². The summed E-state index contributed by atoms with van der Waals surface area (Å²) in [5.74, 6) is 3.15. The summed E-state index contributed by atoms with van der Waals surface area (Å²) in [5.41, 5.74) is 17.9. The van der Waals surface area contributed by atoms with Gasteiger partial charge in [-0.25, -0.2) is 49.7 Å². The molecular formula is C99H138ClN23O9. The number of nitrogens with one attached hydrogen (secondary N) is 7. The molecule has 12 heterocycles. The first kappa shape index (κ1) is 104. The number of carbonyl (C=O) groups excluding carboxylic acids is 5. The molecule has 0 unspecified atom stereocenters. The summed E-state index contributed by atoms with van der Waals surface area (Å²) in [6, 6.07) is 28.3. The Morgan fingerprint density at radius 1 is 0.439 bits per heavy atom. The standard InChI is InChI=1S/C34H48N8O3.C31H41N7O3.C24H41N5O3.C10H8ClN3/c1-24-23-30(41-32(38-24)27-13-17-35-18-14-27)40-29(33(44)45-34(3,4)5)15-21-42(22-19-36-25(2)43)20-7-6-10-28-12-11-26-9-8-16-37-31(26)39-28;1-22-20-28(37-30(35-22)25-10-14-32-15-11-25)21-26(31(40)41)12-18-38(19-16-33-23(2)39)17-4-3-7-27-9-8-24-6-5-13-34-29(24)36-27;1-18(30)26-14-17-29(16-12-21(25)23(31)32-24(2,3)4)15-6-5-9-20-11-10-19-8-7-13-27-22(19)28-20;1-7-6-9(11)14-10(13-7)8-2-4-12-5-3-8/h11-14,17-18,23,29H,6-10,15-16,19-22H2,1-5H3,(H,36,43)(H,37,39)(H,38,40,41);8-11,14-15,20,26H,3-7,12-13,16-19,21H2,1-2H3,(H,33,39)(H,34,36)(H,40,41);10-11,21H,5-9,12-17,25H2,1-4H3,(H,26,30)(H,27,28);2-6H,1H3/t29-;26-;21-;/m010./s1. The highest BCUT2D eigenvalue weighted by atomic mass is 35.5. The van der Waals surface area contributed by atoms with E-state index >= 15 is 0 Å². The molecule has 0 radical (unpaired) electrons. The Morgan fingerprint density at radius 3 is 1.20 bits per heavy atom. The number of anilines is 4. The molecule has 3 aliphatic rings. The number of fused-ring (bicyclic) bond motifs is 3. The van der Waals surface area contributed by atoms with Gasteiger partial charge in [0.05, 0.1) is 5.92 Å². The Hall–Kier alpha value is -11.7. The number of aryl methyl sites for hydroxylation is 9. The average Bonchev–Trinajstić information content (AvgIpc) is 0.804. The van der Waals surface area contributed by atoms with Crippen molar-refractivity contribution in [3.63, 3.8) is 0 Å². The highest BCUT2D eigenvalue weighted by molar-refractivity contribution is 6.29. The number of carboxylic acid groups (broad SMARTS) is 1. The van der Waals surface area contributed by atoms with E-state index in [-0.39, 0.29) is 29.7 Å². The molecule has 132 heavy (non-hydrogen) atoms. The van der Waals surface area contributed by atoms with Gasteiger partial charge in [0.25, 0.3) is 0 Å². The number of unbranched alkanes of at least 4 members (excludes halogenated alkanes) is 3. The number of amides is 3. The molecule has 3 amide bonds. The second-order valence-corrected chi connectivity index (χ2v) is 36.1. The lowest BCUT2D eigenvalue weighted by Crippen LogP contribution is -2.41. The van der Waals surface area contributed by atoms with E-state index in [1.165, 1.54) is 43.9 Å². The van der Waals surface area contributed by atoms with Gasteiger partial charge in [-0.1, -0.05) is 29.8 Å². The van der Waals surface area contributed by atoms with E-state index in [0.29, 0.717) is 112 Å². The Balaban J connectivity index is 0.000000209. The van der Waals surface area contributed by atoms with Crippen LogP contribution >= 0.6 is 11.6 Å². The molecule has 710 valence electrons. The largest absolute Gasteiger partial charge is 0.481 e. The van der Waals surface area contributed by atoms with Crippen LogP contribution in [0.5, 0.6) is 0 Å². The fourth-order valence-corrected chi connectivity index (χ4v) is 15.5. The maximum absolute atomic E-state index is 13.4. The van der Waals surface area contributed by atoms with Gasteiger partial charge >= 0.3 is 17.9 Å². The first-order valence-electron chi connectivity index (χ1n) is 46.5. The second-order valence-electron chi connectivity index (χ2n) is 35.7. The van der Waals surface area contributed by atoms with Gasteiger partial charge in [0, 0.05) is 199 Å². The summed E-state index contributed by atoms with van der Waals surface area (Å²) in [6.45, 7) is 32.5. The van der Waals surface area contributed by atoms with Crippen LogP contribution < -0.4 is 43.0 Å². The number of ether oxygens (including phenoxy) is 2. The van der Waals surface area contributed by atoms with Crippen molar-refractivity contribution in [3.05, 3.63) is 190 Å². The van der Waals surface area contributed by atoms with Crippen LogP contribution in [0.15, 0.2) is 128 Å². The van der Waals surface area contributed by atoms with Crippen molar-refractivity contribution in [2.75, 3.05) is 119 Å². The smallest absolute Gasteiger partial charge is 0.329 e. The SMILES string of the molecule is CC(=O)NCCN(CCCCc1ccc2c(n1)NCCC2)CC[C@H](Cc1cc(C)nc(-c2ccncc2)n1)C(=O)O.CC(=O)NCCN(CCCCc1ccc2c(n1)NCCC2)CC[C@H](N)C(=O)OC(C)(C)C.CC(=O)NCCN(CCCCc1ccc2c(n1)NCCC2)CC[C@H](Nc1cc(C)nc(-c2ccncc2)n1)C(=O)OC(C)(C)C.Cc1cc(Cl)nc(-c2ccncc2)n1. The van der Waals surface area contributed by atoms with E-state index in [9.17, 15) is 33.9 Å². The number of hydrogen-bond acceptors (Lipinski definition) is 28. The number of nitrogens with two attached hydrogens (primary N) is 1. The second kappa shape index (κ2) is 54.3. The number of nitrogens with zero attached hydrogens (tertiary/aromatic N) is 15.